The van der Waals surface area contributed by atoms with Gasteiger partial charge in [0, 0.05) is 12.7 Å². The van der Waals surface area contributed by atoms with Gasteiger partial charge in [0.25, 0.3) is 5.91 Å². The molecule has 3 N–H and O–H groups in total. The van der Waals surface area contributed by atoms with Crippen molar-refractivity contribution in [2.45, 2.75) is 12.7 Å². The quantitative estimate of drug-likeness (QED) is 0.914. The molecule has 7 heteroatoms. The molecule has 0 fully saturated rings. The van der Waals surface area contributed by atoms with E-state index in [2.05, 4.69) is 10.3 Å². The molecule has 0 bridgehead atoms. The number of carbonyl (C=O) groups is 1. The van der Waals surface area contributed by atoms with Crippen LogP contribution in [0.15, 0.2) is 42.6 Å². The van der Waals surface area contributed by atoms with Gasteiger partial charge >= 0.3 is 6.18 Å². The van der Waals surface area contributed by atoms with E-state index in [-0.39, 0.29) is 12.5 Å². The van der Waals surface area contributed by atoms with Gasteiger partial charge in [-0.25, -0.2) is 4.98 Å². The molecule has 2 rings (SSSR count). The number of nitrogens with two attached hydrogens (primary N) is 1. The minimum Gasteiger partial charge on any atom is -0.384 e. The number of carbonyl (C=O) groups excluding carboxylic acids is 1. The van der Waals surface area contributed by atoms with Gasteiger partial charge in [-0.3, -0.25) is 4.79 Å². The first kappa shape index (κ1) is 14.8. The van der Waals surface area contributed by atoms with Crippen molar-refractivity contribution in [1.29, 1.82) is 0 Å². The van der Waals surface area contributed by atoms with Crippen LogP contribution in [0.3, 0.4) is 0 Å². The lowest BCUT2D eigenvalue weighted by Crippen LogP contribution is -2.23. The van der Waals surface area contributed by atoms with E-state index in [9.17, 15) is 18.0 Å². The molecule has 2 aromatic rings. The maximum absolute atomic E-state index is 12.4. The van der Waals surface area contributed by atoms with Crippen LogP contribution in [-0.4, -0.2) is 10.9 Å². The van der Waals surface area contributed by atoms with Crippen LogP contribution in [0.2, 0.25) is 0 Å². The second-order valence-corrected chi connectivity index (χ2v) is 4.35. The number of anilines is 1. The molecule has 0 saturated heterocycles. The van der Waals surface area contributed by atoms with Crippen LogP contribution in [0.1, 0.15) is 21.5 Å². The van der Waals surface area contributed by atoms with Gasteiger partial charge in [-0.2, -0.15) is 13.2 Å². The molecule has 0 aliphatic heterocycles. The number of nitrogen functional groups attached to an aromatic ring is 1. The summed E-state index contributed by atoms with van der Waals surface area (Å²) in [5, 5.41) is 2.59. The number of hydrogen-bond donors (Lipinski definition) is 2. The van der Waals surface area contributed by atoms with Gasteiger partial charge in [0.1, 0.15) is 5.82 Å². The van der Waals surface area contributed by atoms with Crippen LogP contribution in [0, 0.1) is 0 Å². The summed E-state index contributed by atoms with van der Waals surface area (Å²) < 4.78 is 37.2. The minimum absolute atomic E-state index is 0.126. The molecule has 0 saturated carbocycles. The van der Waals surface area contributed by atoms with Gasteiger partial charge in [-0.1, -0.05) is 12.1 Å². The SMILES string of the molecule is Nc1ccc(C(=O)NCc2ccc(C(F)(F)F)cc2)cn1. The molecule has 0 unspecified atom stereocenters. The third-order valence-corrected chi connectivity index (χ3v) is 2.78. The van der Waals surface area contributed by atoms with Crippen molar-refractivity contribution in [2.75, 3.05) is 5.73 Å². The summed E-state index contributed by atoms with van der Waals surface area (Å²) in [6.07, 6.45) is -3.03. The lowest BCUT2D eigenvalue weighted by Gasteiger charge is -2.08. The number of halogens is 3. The number of amides is 1. The molecule has 1 heterocycles. The van der Waals surface area contributed by atoms with Crippen molar-refractivity contribution in [3.8, 4) is 0 Å². The molecular formula is C14H12F3N3O. The van der Waals surface area contributed by atoms with Crippen molar-refractivity contribution in [3.05, 3.63) is 59.3 Å². The van der Waals surface area contributed by atoms with Crippen LogP contribution in [-0.2, 0) is 12.7 Å². The fourth-order valence-electron chi connectivity index (χ4n) is 1.64. The normalized spacial score (nSPS) is 11.2. The Hall–Kier alpha value is -2.57. The summed E-state index contributed by atoms with van der Waals surface area (Å²) in [5.74, 6) is -0.0725. The second kappa shape index (κ2) is 5.82. The zero-order chi connectivity index (χ0) is 15.5. The van der Waals surface area contributed by atoms with Gasteiger partial charge in [0.2, 0.25) is 0 Å². The van der Waals surface area contributed by atoms with E-state index in [1.54, 1.807) is 0 Å². The molecule has 0 atom stereocenters. The van der Waals surface area contributed by atoms with Gasteiger partial charge in [0.05, 0.1) is 11.1 Å². The molecule has 0 aliphatic rings. The summed E-state index contributed by atoms with van der Waals surface area (Å²) in [6.45, 7) is 0.126. The molecular weight excluding hydrogens is 283 g/mol. The fraction of sp³-hybridized carbons (Fsp3) is 0.143. The van der Waals surface area contributed by atoms with E-state index in [4.69, 9.17) is 5.73 Å². The van der Waals surface area contributed by atoms with Gasteiger partial charge < -0.3 is 11.1 Å². The Morgan fingerprint density at radius 1 is 1.14 bits per heavy atom. The highest BCUT2D eigenvalue weighted by molar-refractivity contribution is 5.93. The Morgan fingerprint density at radius 2 is 1.81 bits per heavy atom. The highest BCUT2D eigenvalue weighted by Gasteiger charge is 2.29. The summed E-state index contributed by atoms with van der Waals surface area (Å²) >= 11 is 0. The summed E-state index contributed by atoms with van der Waals surface area (Å²) in [4.78, 5) is 15.6. The second-order valence-electron chi connectivity index (χ2n) is 4.35. The molecule has 0 aliphatic carbocycles. The standard InChI is InChI=1S/C14H12F3N3O/c15-14(16,17)11-4-1-9(2-5-11)7-20-13(21)10-3-6-12(18)19-8-10/h1-6,8H,7H2,(H2,18,19)(H,20,21). The van der Waals surface area contributed by atoms with Gasteiger partial charge in [-0.05, 0) is 29.8 Å². The fourth-order valence-corrected chi connectivity index (χ4v) is 1.64. The molecule has 4 nitrogen and oxygen atoms in total. The first-order chi connectivity index (χ1) is 9.86. The Kier molecular flexibility index (Phi) is 4.11. The Bertz CT molecular complexity index is 621. The molecule has 0 radical (unpaired) electrons. The lowest BCUT2D eigenvalue weighted by atomic mass is 10.1. The molecule has 21 heavy (non-hydrogen) atoms. The van der Waals surface area contributed by atoms with E-state index in [1.807, 2.05) is 0 Å². The zero-order valence-electron chi connectivity index (χ0n) is 10.8. The third-order valence-electron chi connectivity index (χ3n) is 2.78. The third kappa shape index (κ3) is 3.95. The molecule has 0 spiro atoms. The van der Waals surface area contributed by atoms with E-state index < -0.39 is 11.7 Å². The number of pyridine rings is 1. The average Bonchev–Trinajstić information content (AvgIpc) is 2.45. The molecule has 1 aromatic heterocycles. The first-order valence-electron chi connectivity index (χ1n) is 6.02. The van der Waals surface area contributed by atoms with Crippen LogP contribution in [0.4, 0.5) is 19.0 Å². The Balaban J connectivity index is 1.97. The van der Waals surface area contributed by atoms with Gasteiger partial charge in [0.15, 0.2) is 0 Å². The molecule has 110 valence electrons. The number of alkyl halides is 3. The van der Waals surface area contributed by atoms with Crippen LogP contribution >= 0.6 is 0 Å². The Labute approximate surface area is 118 Å². The van der Waals surface area contributed by atoms with Crippen molar-refractivity contribution in [1.82, 2.24) is 10.3 Å². The van der Waals surface area contributed by atoms with Crippen molar-refractivity contribution in [3.63, 3.8) is 0 Å². The number of nitrogens with zero attached hydrogens (tertiary/aromatic N) is 1. The van der Waals surface area contributed by atoms with E-state index in [0.717, 1.165) is 12.1 Å². The van der Waals surface area contributed by atoms with E-state index in [1.165, 1.54) is 30.5 Å². The monoisotopic (exact) mass is 295 g/mol. The summed E-state index contributed by atoms with van der Waals surface area (Å²) in [6, 6.07) is 7.62. The number of rotatable bonds is 3. The minimum atomic E-state index is -4.36. The Morgan fingerprint density at radius 3 is 2.33 bits per heavy atom. The molecule has 1 aromatic carbocycles. The number of nitrogens with one attached hydrogen (secondary N) is 1. The van der Waals surface area contributed by atoms with E-state index >= 15 is 0 Å². The van der Waals surface area contributed by atoms with Crippen molar-refractivity contribution < 1.29 is 18.0 Å². The van der Waals surface area contributed by atoms with Crippen LogP contribution in [0.25, 0.3) is 0 Å². The predicted molar refractivity (Wildman–Crippen MR) is 71.3 cm³/mol. The van der Waals surface area contributed by atoms with Crippen LogP contribution in [0.5, 0.6) is 0 Å². The highest BCUT2D eigenvalue weighted by Crippen LogP contribution is 2.29. The number of aromatic nitrogens is 1. The summed E-state index contributed by atoms with van der Waals surface area (Å²) in [7, 11) is 0. The molecule has 1 amide bonds. The average molecular weight is 295 g/mol. The zero-order valence-corrected chi connectivity index (χ0v) is 10.8. The largest absolute Gasteiger partial charge is 0.416 e. The lowest BCUT2D eigenvalue weighted by molar-refractivity contribution is -0.137. The maximum Gasteiger partial charge on any atom is 0.416 e. The van der Waals surface area contributed by atoms with Gasteiger partial charge in [-0.15, -0.1) is 0 Å². The smallest absolute Gasteiger partial charge is 0.384 e. The summed E-state index contributed by atoms with van der Waals surface area (Å²) in [5.41, 5.74) is 5.58. The van der Waals surface area contributed by atoms with Crippen molar-refractivity contribution >= 4 is 11.7 Å². The van der Waals surface area contributed by atoms with Crippen LogP contribution < -0.4 is 11.1 Å². The predicted octanol–water partition coefficient (Wildman–Crippen LogP) is 2.61. The number of hydrogen-bond acceptors (Lipinski definition) is 3. The topological polar surface area (TPSA) is 68.0 Å². The number of benzene rings is 1. The maximum atomic E-state index is 12.4. The van der Waals surface area contributed by atoms with Crippen molar-refractivity contribution in [2.24, 2.45) is 0 Å². The van der Waals surface area contributed by atoms with E-state index in [0.29, 0.717) is 16.9 Å². The first-order valence-corrected chi connectivity index (χ1v) is 6.02. The highest BCUT2D eigenvalue weighted by atomic mass is 19.4.